The molecule has 4 nitrogen and oxygen atoms in total. The molecule has 0 aliphatic heterocycles. The van der Waals surface area contributed by atoms with Gasteiger partial charge in [-0.2, -0.15) is 0 Å². The number of rotatable bonds is 2. The summed E-state index contributed by atoms with van der Waals surface area (Å²) in [4.78, 5) is 3.56. The lowest BCUT2D eigenvalue weighted by Crippen LogP contribution is -2.35. The maximum Gasteiger partial charge on any atom is 0.191 e. The number of phenolic OH excluding ortho intramolecular Hbond substituents is 1. The van der Waals surface area contributed by atoms with Gasteiger partial charge in [0.25, 0.3) is 0 Å². The van der Waals surface area contributed by atoms with E-state index >= 15 is 0 Å². The molecule has 26 heavy (non-hydrogen) atoms. The van der Waals surface area contributed by atoms with Crippen LogP contribution >= 0.6 is 0 Å². The molecule has 1 heterocycles. The highest BCUT2D eigenvalue weighted by atomic mass is 16.7. The zero-order chi connectivity index (χ0) is 17.9. The quantitative estimate of drug-likeness (QED) is 0.516. The molecule has 0 saturated carbocycles. The van der Waals surface area contributed by atoms with Gasteiger partial charge >= 0.3 is 0 Å². The van der Waals surface area contributed by atoms with Crippen molar-refractivity contribution in [1.82, 2.24) is 4.98 Å². The monoisotopic (exact) mass is 345 g/mol. The highest BCUT2D eigenvalue weighted by molar-refractivity contribution is 6.21. The number of aromatic hydroxyl groups is 1. The average Bonchev–Trinajstić information content (AvgIpc) is 3.07. The number of phenols is 1. The number of benzene rings is 3. The number of ether oxygens (including phenoxy) is 2. The molecule has 0 atom stereocenters. The Morgan fingerprint density at radius 3 is 2.62 bits per heavy atom. The minimum atomic E-state index is -0.787. The predicted molar refractivity (Wildman–Crippen MR) is 104 cm³/mol. The Labute approximate surface area is 150 Å². The van der Waals surface area contributed by atoms with Gasteiger partial charge in [0.2, 0.25) is 0 Å². The summed E-state index contributed by atoms with van der Waals surface area (Å²) in [5.41, 5.74) is 4.47. The van der Waals surface area contributed by atoms with Gasteiger partial charge in [0.15, 0.2) is 5.79 Å². The van der Waals surface area contributed by atoms with E-state index in [-0.39, 0.29) is 5.75 Å². The van der Waals surface area contributed by atoms with Crippen molar-refractivity contribution in [3.63, 3.8) is 0 Å². The molecule has 0 saturated heterocycles. The second-order valence-corrected chi connectivity index (χ2v) is 6.77. The minimum absolute atomic E-state index is 0.255. The Morgan fingerprint density at radius 1 is 1.00 bits per heavy atom. The Morgan fingerprint density at radius 2 is 1.81 bits per heavy atom. The number of hydrogen-bond donors (Lipinski definition) is 2. The Kier molecular flexibility index (Phi) is 3.17. The van der Waals surface area contributed by atoms with Crippen LogP contribution in [-0.4, -0.2) is 30.1 Å². The molecule has 0 radical (unpaired) electrons. The van der Waals surface area contributed by atoms with Crippen molar-refractivity contribution < 1.29 is 14.6 Å². The number of methoxy groups -OCH3 is 2. The van der Waals surface area contributed by atoms with Crippen LogP contribution in [-0.2, 0) is 15.9 Å². The lowest BCUT2D eigenvalue weighted by Gasteiger charge is -2.32. The molecule has 1 aliphatic rings. The van der Waals surface area contributed by atoms with Crippen LogP contribution in [0.2, 0.25) is 0 Å². The molecular weight excluding hydrogens is 326 g/mol. The molecule has 4 heteroatoms. The molecule has 0 fully saturated rings. The van der Waals surface area contributed by atoms with Crippen LogP contribution in [0.4, 0.5) is 0 Å². The highest BCUT2D eigenvalue weighted by Gasteiger charge is 2.33. The molecule has 130 valence electrons. The molecule has 1 aliphatic carbocycles. The fourth-order valence-electron chi connectivity index (χ4n) is 4.17. The molecule has 1 aromatic heterocycles. The van der Waals surface area contributed by atoms with Gasteiger partial charge in [-0.1, -0.05) is 24.3 Å². The van der Waals surface area contributed by atoms with E-state index in [1.54, 1.807) is 20.3 Å². The van der Waals surface area contributed by atoms with Gasteiger partial charge in [-0.25, -0.2) is 0 Å². The Bertz CT molecular complexity index is 1200. The van der Waals surface area contributed by atoms with Crippen molar-refractivity contribution in [2.75, 3.05) is 14.2 Å². The highest BCUT2D eigenvalue weighted by Crippen LogP contribution is 2.43. The van der Waals surface area contributed by atoms with Crippen molar-refractivity contribution >= 4 is 38.7 Å². The molecule has 0 unspecified atom stereocenters. The van der Waals surface area contributed by atoms with Gasteiger partial charge in [0.05, 0.1) is 5.52 Å². The smallest absolute Gasteiger partial charge is 0.191 e. The maximum atomic E-state index is 10.1. The van der Waals surface area contributed by atoms with E-state index in [4.69, 9.17) is 9.47 Å². The first kappa shape index (κ1) is 15.4. The van der Waals surface area contributed by atoms with Crippen molar-refractivity contribution in [2.24, 2.45) is 0 Å². The average molecular weight is 345 g/mol. The summed E-state index contributed by atoms with van der Waals surface area (Å²) in [6.45, 7) is 0. The molecule has 0 bridgehead atoms. The summed E-state index contributed by atoms with van der Waals surface area (Å²) in [5, 5.41) is 14.6. The lowest BCUT2D eigenvalue weighted by molar-refractivity contribution is -0.168. The molecular formula is C22H19NO3. The van der Waals surface area contributed by atoms with Crippen molar-refractivity contribution in [3.8, 4) is 5.75 Å². The fraction of sp³-hybridized carbons (Fsp3) is 0.182. The number of H-pyrrole nitrogens is 1. The number of fused-ring (bicyclic) bond motifs is 8. The summed E-state index contributed by atoms with van der Waals surface area (Å²) in [5.74, 6) is -0.532. The van der Waals surface area contributed by atoms with E-state index in [9.17, 15) is 5.11 Å². The van der Waals surface area contributed by atoms with Gasteiger partial charge in [-0.3, -0.25) is 0 Å². The third kappa shape index (κ3) is 1.97. The van der Waals surface area contributed by atoms with Crippen LogP contribution in [0.15, 0.2) is 48.5 Å². The number of nitrogens with one attached hydrogen (secondary N) is 1. The van der Waals surface area contributed by atoms with Gasteiger partial charge in [-0.05, 0) is 46.9 Å². The van der Waals surface area contributed by atoms with Crippen LogP contribution in [0.1, 0.15) is 11.1 Å². The SMILES string of the molecule is COC1(OC)C=Cc2c(c3cc(O)ccc3c3[nH]c4ccccc4c23)C1. The number of aromatic nitrogens is 1. The third-order valence-electron chi connectivity index (χ3n) is 5.52. The number of para-hydroxylation sites is 1. The molecule has 3 aromatic carbocycles. The van der Waals surface area contributed by atoms with Gasteiger partial charge < -0.3 is 19.6 Å². The summed E-state index contributed by atoms with van der Waals surface area (Å²) in [7, 11) is 3.31. The Hall–Kier alpha value is -2.82. The van der Waals surface area contributed by atoms with Crippen molar-refractivity contribution in [1.29, 1.82) is 0 Å². The fourth-order valence-corrected chi connectivity index (χ4v) is 4.17. The predicted octanol–water partition coefficient (Wildman–Crippen LogP) is 4.74. The zero-order valence-electron chi connectivity index (χ0n) is 14.7. The van der Waals surface area contributed by atoms with Gasteiger partial charge in [0, 0.05) is 42.3 Å². The van der Waals surface area contributed by atoms with Crippen LogP contribution in [0.5, 0.6) is 5.75 Å². The van der Waals surface area contributed by atoms with Gasteiger partial charge in [0.1, 0.15) is 5.75 Å². The van der Waals surface area contributed by atoms with Crippen LogP contribution in [0, 0.1) is 0 Å². The third-order valence-corrected chi connectivity index (χ3v) is 5.52. The van der Waals surface area contributed by atoms with Gasteiger partial charge in [-0.15, -0.1) is 0 Å². The molecule has 0 spiro atoms. The second kappa shape index (κ2) is 5.34. The second-order valence-electron chi connectivity index (χ2n) is 6.77. The first-order chi connectivity index (χ1) is 12.7. The topological polar surface area (TPSA) is 54.5 Å². The van der Waals surface area contributed by atoms with Crippen LogP contribution in [0.3, 0.4) is 0 Å². The van der Waals surface area contributed by atoms with Crippen LogP contribution in [0.25, 0.3) is 38.7 Å². The molecule has 4 aromatic rings. The van der Waals surface area contributed by atoms with E-state index in [0.29, 0.717) is 6.42 Å². The normalized spacial score (nSPS) is 15.8. The van der Waals surface area contributed by atoms with Crippen molar-refractivity contribution in [3.05, 3.63) is 59.7 Å². The number of aromatic amines is 1. The standard InChI is InChI=1S/C22H19NO3/c1-25-22(26-2)10-9-14-18(12-22)17-11-13(24)7-8-15(17)21-20(14)16-5-3-4-6-19(16)23-21/h3-11,23-24H,12H2,1-2H3. The molecule has 5 rings (SSSR count). The number of hydrogen-bond acceptors (Lipinski definition) is 3. The van der Waals surface area contributed by atoms with E-state index in [2.05, 4.69) is 29.3 Å². The largest absolute Gasteiger partial charge is 0.508 e. The summed E-state index contributed by atoms with van der Waals surface area (Å²) >= 11 is 0. The van der Waals surface area contributed by atoms with E-state index < -0.39 is 5.79 Å². The lowest BCUT2D eigenvalue weighted by atomic mass is 9.85. The zero-order valence-corrected chi connectivity index (χ0v) is 14.7. The van der Waals surface area contributed by atoms with E-state index in [1.807, 2.05) is 24.3 Å². The summed E-state index contributed by atoms with van der Waals surface area (Å²) < 4.78 is 11.3. The Balaban J connectivity index is 1.99. The molecule has 2 N–H and O–H groups in total. The van der Waals surface area contributed by atoms with Crippen molar-refractivity contribution in [2.45, 2.75) is 12.2 Å². The first-order valence-corrected chi connectivity index (χ1v) is 8.63. The first-order valence-electron chi connectivity index (χ1n) is 8.63. The minimum Gasteiger partial charge on any atom is -0.508 e. The van der Waals surface area contributed by atoms with Crippen LogP contribution < -0.4 is 0 Å². The summed E-state index contributed by atoms with van der Waals surface area (Å²) in [6, 6.07) is 13.9. The summed E-state index contributed by atoms with van der Waals surface area (Å²) in [6.07, 6.45) is 4.64. The maximum absolute atomic E-state index is 10.1. The molecule has 0 amide bonds. The van der Waals surface area contributed by atoms with E-state index in [1.165, 1.54) is 10.8 Å². The van der Waals surface area contributed by atoms with E-state index in [0.717, 1.165) is 32.9 Å².